The Balaban J connectivity index is 0.000000816. The van der Waals surface area contributed by atoms with E-state index in [1.165, 1.54) is 63.4 Å². The molecule has 0 radical (unpaired) electrons. The highest BCUT2D eigenvalue weighted by atomic mass is 16.8. The molecule has 0 aromatic rings. The fourth-order valence-electron chi connectivity index (χ4n) is 12.0. The smallest absolute Gasteiger partial charge is 0.409 e. The minimum atomic E-state index is -2.22. The number of ether oxygens (including phenoxy) is 19. The zero-order valence-electron chi connectivity index (χ0n) is 79.0. The van der Waals surface area contributed by atoms with Crippen LogP contribution in [0.1, 0.15) is 13.8 Å². The largest absolute Gasteiger partial charge is 0.452 e. The molecule has 42 unspecified atom stereocenters. The van der Waals surface area contributed by atoms with Crippen LogP contribution in [-0.4, -0.2) is 616 Å². The van der Waals surface area contributed by atoms with Crippen molar-refractivity contribution >= 4 is 60.8 Å². The first-order valence-electron chi connectivity index (χ1n) is 42.8. The van der Waals surface area contributed by atoms with Gasteiger partial charge in [-0.05, 0) is 0 Å². The summed E-state index contributed by atoms with van der Waals surface area (Å²) >= 11 is 0. The molecule has 0 bridgehead atoms. The highest BCUT2D eigenvalue weighted by molar-refractivity contribution is 5.70. The van der Waals surface area contributed by atoms with Crippen molar-refractivity contribution in [1.82, 2.24) is 47.9 Å². The lowest BCUT2D eigenvalue weighted by molar-refractivity contribution is -0.330. The van der Waals surface area contributed by atoms with Crippen molar-refractivity contribution < 1.29 is 306 Å². The molecule has 0 aromatic heterocycles. The number of aliphatic hydroxyl groups excluding tert-OH is 32. The zero-order chi connectivity index (χ0) is 111. The van der Waals surface area contributed by atoms with E-state index in [0.717, 1.165) is 6.92 Å². The maximum absolute atomic E-state index is 11.3. The number of hydrogen-bond donors (Lipinski definition) is 42. The van der Waals surface area contributed by atoms with E-state index in [2.05, 4.69) is 81.0 Å². The second-order valence-electron chi connectivity index (χ2n) is 31.0. The van der Waals surface area contributed by atoms with E-state index in [1.807, 2.05) is 0 Å². The average Bonchev–Trinajstić information content (AvgIpc) is 0.772. The van der Waals surface area contributed by atoms with Crippen LogP contribution in [0, 0.1) is 5.92 Å². The van der Waals surface area contributed by atoms with Crippen LogP contribution in [0.2, 0.25) is 0 Å². The van der Waals surface area contributed by atoms with Gasteiger partial charge in [-0.3, -0.25) is 4.79 Å². The fraction of sp³-hybridized carbons (Fsp3) is 0.865. The van der Waals surface area contributed by atoms with Crippen molar-refractivity contribution in [3.8, 4) is 0 Å². The summed E-state index contributed by atoms with van der Waals surface area (Å²) in [5.41, 5.74) is 0. The normalized spacial score (nSPS) is 38.4. The molecule has 0 spiro atoms. The predicted molar refractivity (Wildman–Crippen MR) is 451 cm³/mol. The van der Waals surface area contributed by atoms with Crippen LogP contribution >= 0.6 is 0 Å². The van der Waals surface area contributed by atoms with Gasteiger partial charge in [-0.2, -0.15) is 0 Å². The molecule has 9 heterocycles. The summed E-state index contributed by atoms with van der Waals surface area (Å²) < 4.78 is 90.3. The number of carbonyl (C=O) groups is 10. The standard InChI is InChI=1S/C10H17NO8.7C8H15NO7.C8H15NO5/c1-5(13)18-8-7(15)6(14)3-17-10(8,4-12)19-9(16)11-2;1-9-7(13)15-3-8(14)6(12)5(11)4(10)2-16-8;3*1-9-8(14)15-2-3-4(10)5(11)6(12)7(13)16-3;3*1-9-8(14)16-7-6(13)5(12)4(11)3(2-10)15-7;1-4-5(10)3-13-7(6(4)11)14-8(12)9-2/h6-8,12,14-15H,3-4H2,1-2H3,(H,11,16);4-6,10-12,14H,2-3H2,1H3,(H,9,13);6*3-7,10-13H,2H2,1H3,(H,9,14);4-7,10-11H,3H2,1-2H3,(H,9,12). The second-order valence-corrected chi connectivity index (χ2v) is 31.0. The molecule has 0 saturated carbocycles. The lowest BCUT2D eigenvalue weighted by Crippen LogP contribution is -2.66. The maximum Gasteiger partial charge on any atom is 0.409 e. The average molecular weight is 2140 g/mol. The first-order valence-corrected chi connectivity index (χ1v) is 42.8. The molecule has 9 rings (SSSR count). The van der Waals surface area contributed by atoms with E-state index in [4.69, 9.17) is 108 Å². The summed E-state index contributed by atoms with van der Waals surface area (Å²) in [4.78, 5) is 109. The van der Waals surface area contributed by atoms with Gasteiger partial charge in [-0.1, -0.05) is 6.92 Å². The first kappa shape index (κ1) is 134. The second kappa shape index (κ2) is 65.9. The Morgan fingerprint density at radius 3 is 0.855 bits per heavy atom. The third-order valence-electron chi connectivity index (χ3n) is 20.8. The summed E-state index contributed by atoms with van der Waals surface area (Å²) in [7, 11) is 12.0. The summed E-state index contributed by atoms with van der Waals surface area (Å²) in [5, 5.41) is 327. The van der Waals surface area contributed by atoms with Crippen molar-refractivity contribution in [1.29, 1.82) is 0 Å². The lowest BCUT2D eigenvalue weighted by Gasteiger charge is -2.44. The van der Waals surface area contributed by atoms with E-state index in [1.54, 1.807) is 6.92 Å². The fourth-order valence-corrected chi connectivity index (χ4v) is 12.0. The number of esters is 1. The summed E-state index contributed by atoms with van der Waals surface area (Å²) in [6.07, 6.45) is -62.3. The molecule has 9 aliphatic heterocycles. The van der Waals surface area contributed by atoms with Crippen molar-refractivity contribution in [3.05, 3.63) is 0 Å². The molecule has 850 valence electrons. The number of aliphatic hydroxyl groups is 33. The van der Waals surface area contributed by atoms with Gasteiger partial charge in [0.25, 0.3) is 5.79 Å². The van der Waals surface area contributed by atoms with Gasteiger partial charge < -0.3 is 306 Å². The van der Waals surface area contributed by atoms with Crippen molar-refractivity contribution in [2.24, 2.45) is 5.92 Å². The molecule has 0 aliphatic carbocycles. The predicted octanol–water partition coefficient (Wildman–Crippen LogP) is -23.2. The molecular weight excluding hydrogens is 2010 g/mol. The van der Waals surface area contributed by atoms with Crippen LogP contribution in [0.3, 0.4) is 0 Å². The van der Waals surface area contributed by atoms with Crippen LogP contribution in [0.25, 0.3) is 0 Å². The molecule has 145 heavy (non-hydrogen) atoms. The Bertz CT molecular complexity index is 3510. The topological polar surface area (TPSA) is 1120 Å². The molecule has 9 aliphatic rings. The van der Waals surface area contributed by atoms with Crippen LogP contribution in [0.5, 0.6) is 0 Å². The minimum Gasteiger partial charge on any atom is -0.452 e. The third kappa shape index (κ3) is 41.2. The van der Waals surface area contributed by atoms with Gasteiger partial charge >= 0.3 is 60.8 Å². The van der Waals surface area contributed by atoms with Gasteiger partial charge in [0.2, 0.25) is 30.9 Å². The number of amides is 9. The van der Waals surface area contributed by atoms with Gasteiger partial charge in [-0.15, -0.1) is 0 Å². The van der Waals surface area contributed by atoms with Gasteiger partial charge in [0.05, 0.1) is 45.7 Å². The molecule has 9 amide bonds. The number of rotatable bonds is 18. The van der Waals surface area contributed by atoms with Gasteiger partial charge in [0.15, 0.2) is 25.0 Å². The molecule has 71 nitrogen and oxygen atoms in total. The Kier molecular flexibility index (Phi) is 61.0. The van der Waals surface area contributed by atoms with E-state index >= 15 is 0 Å². The van der Waals surface area contributed by atoms with Crippen molar-refractivity contribution in [3.63, 3.8) is 0 Å². The Morgan fingerprint density at radius 1 is 0.290 bits per heavy atom. The summed E-state index contributed by atoms with van der Waals surface area (Å²) in [6, 6.07) is 0. The quantitative estimate of drug-likeness (QED) is 0.0448. The lowest BCUT2D eigenvalue weighted by atomic mass is 9.96. The van der Waals surface area contributed by atoms with E-state index in [-0.39, 0.29) is 39.0 Å². The number of carbonyl (C=O) groups excluding carboxylic acids is 10. The highest BCUT2D eigenvalue weighted by Crippen LogP contribution is 2.33. The van der Waals surface area contributed by atoms with Crippen LogP contribution in [0.4, 0.5) is 43.2 Å². The number of alkyl carbamates (subject to hydrolysis) is 9. The van der Waals surface area contributed by atoms with E-state index in [0.29, 0.717) is 0 Å². The zero-order valence-corrected chi connectivity index (χ0v) is 79.0. The number of hydrogen-bond acceptors (Lipinski definition) is 62. The maximum atomic E-state index is 11.3. The molecule has 0 aromatic carbocycles. The molecule has 42 N–H and O–H groups in total. The Hall–Kier alpha value is -8.78. The van der Waals surface area contributed by atoms with Crippen LogP contribution in [-0.2, 0) is 94.8 Å². The van der Waals surface area contributed by atoms with E-state index < -0.39 is 351 Å². The highest BCUT2D eigenvalue weighted by Gasteiger charge is 2.57. The van der Waals surface area contributed by atoms with Gasteiger partial charge in [0, 0.05) is 76.3 Å². The van der Waals surface area contributed by atoms with Gasteiger partial charge in [-0.25, -0.2) is 43.2 Å². The van der Waals surface area contributed by atoms with Gasteiger partial charge in [0.1, 0.15) is 216 Å². The van der Waals surface area contributed by atoms with Crippen LogP contribution < -0.4 is 47.9 Å². The number of nitrogens with one attached hydrogen (secondary N) is 9. The molecule has 9 fully saturated rings. The summed E-state index contributed by atoms with van der Waals surface area (Å²) in [6.45, 7) is -2.24. The third-order valence-corrected chi connectivity index (χ3v) is 20.8. The Morgan fingerprint density at radius 2 is 0.566 bits per heavy atom. The van der Waals surface area contributed by atoms with E-state index in [9.17, 15) is 165 Å². The molecule has 9 saturated heterocycles. The molecule has 42 atom stereocenters. The monoisotopic (exact) mass is 2140 g/mol. The first-order chi connectivity index (χ1) is 67.7. The Labute approximate surface area is 819 Å². The van der Waals surface area contributed by atoms with Crippen molar-refractivity contribution in [2.45, 2.75) is 265 Å². The minimum absolute atomic E-state index is 0.0554. The van der Waals surface area contributed by atoms with Crippen molar-refractivity contribution in [2.75, 3.05) is 136 Å². The van der Waals surface area contributed by atoms with Crippen LogP contribution in [0.15, 0.2) is 0 Å². The molecule has 71 heteroatoms. The SMILES string of the molecule is CNC(=O)OC1(CO)OCC(O)C(O)C1OC(C)=O.CNC(=O)OC1OC(CO)C(O)C(O)C1O.CNC(=O)OC1OC(CO)C(O)C(O)C1O.CNC(=O)OC1OC(CO)C(O)C(O)C1O.CNC(=O)OC1OCC(O)C(C)C1O.CNC(=O)OCC1(O)OCC(O)C(O)C1O.CNC(=O)OCC1OC(O)C(O)C(O)C1O.CNC(=O)OCC1OC(O)C(O)C(O)C1O.CNC(=O)OCC1OC(O)C(O)C(O)C1O. The summed E-state index contributed by atoms with van der Waals surface area (Å²) in [5.74, 6) is -5.45. The molecular formula is C74H137N9O62.